The summed E-state index contributed by atoms with van der Waals surface area (Å²) in [5, 5.41) is 5.49. The van der Waals surface area contributed by atoms with Crippen molar-refractivity contribution in [3.8, 4) is 5.75 Å². The second-order valence-electron chi connectivity index (χ2n) is 4.85. The normalized spacial score (nSPS) is 10.7. The van der Waals surface area contributed by atoms with Crippen molar-refractivity contribution in [1.82, 2.24) is 5.32 Å². The Balaban J connectivity index is 1.61. The van der Waals surface area contributed by atoms with E-state index in [4.69, 9.17) is 4.74 Å². The first-order chi connectivity index (χ1) is 9.88. The molecule has 0 aliphatic carbocycles. The SMILES string of the molecule is CCCCc1ccc(OCCNCc2cccs2)cc1. The first-order valence-electron chi connectivity index (χ1n) is 7.33. The molecule has 1 aromatic heterocycles. The molecule has 2 rings (SSSR count). The second-order valence-corrected chi connectivity index (χ2v) is 5.88. The molecule has 0 saturated carbocycles. The molecule has 2 aromatic rings. The van der Waals surface area contributed by atoms with Crippen LogP contribution in [-0.4, -0.2) is 13.2 Å². The van der Waals surface area contributed by atoms with Crippen molar-refractivity contribution in [1.29, 1.82) is 0 Å². The monoisotopic (exact) mass is 289 g/mol. The lowest BCUT2D eigenvalue weighted by atomic mass is 10.1. The molecular formula is C17H23NOS. The van der Waals surface area contributed by atoms with Gasteiger partial charge in [0.05, 0.1) is 0 Å². The van der Waals surface area contributed by atoms with Crippen LogP contribution in [-0.2, 0) is 13.0 Å². The highest BCUT2D eigenvalue weighted by Crippen LogP contribution is 2.13. The number of unbranched alkanes of at least 4 members (excludes halogenated alkanes) is 1. The molecule has 1 heterocycles. The summed E-state index contributed by atoms with van der Waals surface area (Å²) in [6.07, 6.45) is 3.67. The van der Waals surface area contributed by atoms with Gasteiger partial charge in [0.15, 0.2) is 0 Å². The molecule has 0 spiro atoms. The predicted molar refractivity (Wildman–Crippen MR) is 86.6 cm³/mol. The van der Waals surface area contributed by atoms with Crippen molar-refractivity contribution >= 4 is 11.3 Å². The third-order valence-corrected chi connectivity index (χ3v) is 4.05. The van der Waals surface area contributed by atoms with Gasteiger partial charge in [0.1, 0.15) is 12.4 Å². The van der Waals surface area contributed by atoms with Crippen molar-refractivity contribution in [3.05, 3.63) is 52.2 Å². The summed E-state index contributed by atoms with van der Waals surface area (Å²) in [7, 11) is 0. The number of ether oxygens (including phenoxy) is 1. The molecule has 108 valence electrons. The van der Waals surface area contributed by atoms with Crippen LogP contribution in [0.25, 0.3) is 0 Å². The molecule has 0 saturated heterocycles. The molecule has 3 heteroatoms. The molecule has 20 heavy (non-hydrogen) atoms. The van der Waals surface area contributed by atoms with Crippen LogP contribution in [0, 0.1) is 0 Å². The molecule has 0 aliphatic rings. The van der Waals surface area contributed by atoms with Gasteiger partial charge in [0.25, 0.3) is 0 Å². The van der Waals surface area contributed by atoms with Crippen LogP contribution in [0.5, 0.6) is 5.75 Å². The summed E-state index contributed by atoms with van der Waals surface area (Å²) >= 11 is 1.78. The van der Waals surface area contributed by atoms with Gasteiger partial charge in [-0.05, 0) is 42.0 Å². The molecule has 0 bridgehead atoms. The van der Waals surface area contributed by atoms with Crippen molar-refractivity contribution < 1.29 is 4.74 Å². The zero-order valence-corrected chi connectivity index (χ0v) is 12.9. The molecule has 0 amide bonds. The van der Waals surface area contributed by atoms with Gasteiger partial charge in [0.2, 0.25) is 0 Å². The maximum Gasteiger partial charge on any atom is 0.119 e. The van der Waals surface area contributed by atoms with E-state index in [1.165, 1.54) is 29.7 Å². The Morgan fingerprint density at radius 3 is 2.70 bits per heavy atom. The van der Waals surface area contributed by atoms with Crippen LogP contribution in [0.15, 0.2) is 41.8 Å². The lowest BCUT2D eigenvalue weighted by Gasteiger charge is -2.08. The lowest BCUT2D eigenvalue weighted by Crippen LogP contribution is -2.20. The molecule has 0 atom stereocenters. The van der Waals surface area contributed by atoms with Crippen molar-refractivity contribution in [3.63, 3.8) is 0 Å². The number of aryl methyl sites for hydroxylation is 1. The highest BCUT2D eigenvalue weighted by atomic mass is 32.1. The Morgan fingerprint density at radius 1 is 1.15 bits per heavy atom. The number of thiophene rings is 1. The number of hydrogen-bond acceptors (Lipinski definition) is 3. The fourth-order valence-electron chi connectivity index (χ4n) is 2.00. The summed E-state index contributed by atoms with van der Waals surface area (Å²) in [5.41, 5.74) is 1.40. The minimum atomic E-state index is 0.708. The van der Waals surface area contributed by atoms with Crippen molar-refractivity contribution in [2.45, 2.75) is 32.7 Å². The standard InChI is InChI=1S/C17H23NOS/c1-2-3-5-15-7-9-16(10-8-15)19-12-11-18-14-17-6-4-13-20-17/h4,6-10,13,18H,2-3,5,11-12,14H2,1H3. The quantitative estimate of drug-likeness (QED) is 0.696. The van der Waals surface area contributed by atoms with E-state index in [1.807, 2.05) is 0 Å². The summed E-state index contributed by atoms with van der Waals surface area (Å²) in [6.45, 7) is 4.73. The van der Waals surface area contributed by atoms with Gasteiger partial charge >= 0.3 is 0 Å². The van der Waals surface area contributed by atoms with Crippen LogP contribution < -0.4 is 10.1 Å². The van der Waals surface area contributed by atoms with Crippen LogP contribution >= 0.6 is 11.3 Å². The summed E-state index contributed by atoms with van der Waals surface area (Å²) in [5.74, 6) is 0.961. The number of hydrogen-bond donors (Lipinski definition) is 1. The van der Waals surface area contributed by atoms with E-state index in [2.05, 4.69) is 54.0 Å². The van der Waals surface area contributed by atoms with Gasteiger partial charge in [-0.2, -0.15) is 0 Å². The maximum atomic E-state index is 5.73. The fourth-order valence-corrected chi connectivity index (χ4v) is 2.67. The summed E-state index contributed by atoms with van der Waals surface area (Å²) < 4.78 is 5.73. The molecule has 0 unspecified atom stereocenters. The molecule has 0 aliphatic heterocycles. The summed E-state index contributed by atoms with van der Waals surface area (Å²) in [4.78, 5) is 1.37. The molecule has 1 aromatic carbocycles. The van der Waals surface area contributed by atoms with Gasteiger partial charge in [-0.15, -0.1) is 11.3 Å². The predicted octanol–water partition coefficient (Wildman–Crippen LogP) is 4.26. The molecule has 2 nitrogen and oxygen atoms in total. The number of rotatable bonds is 9. The average Bonchev–Trinajstić information content (AvgIpc) is 2.99. The summed E-state index contributed by atoms with van der Waals surface area (Å²) in [6, 6.07) is 12.7. The largest absolute Gasteiger partial charge is 0.492 e. The Bertz CT molecular complexity index is 464. The highest BCUT2D eigenvalue weighted by Gasteiger charge is 1.96. The first-order valence-corrected chi connectivity index (χ1v) is 8.21. The second kappa shape index (κ2) is 8.77. The van der Waals surface area contributed by atoms with Gasteiger partial charge < -0.3 is 10.1 Å². The smallest absolute Gasteiger partial charge is 0.119 e. The zero-order valence-electron chi connectivity index (χ0n) is 12.1. The van der Waals surface area contributed by atoms with E-state index in [9.17, 15) is 0 Å². The molecule has 0 fully saturated rings. The van der Waals surface area contributed by atoms with E-state index >= 15 is 0 Å². The van der Waals surface area contributed by atoms with Crippen molar-refractivity contribution in [2.75, 3.05) is 13.2 Å². The molecule has 1 N–H and O–H groups in total. The minimum Gasteiger partial charge on any atom is -0.492 e. The van der Waals surface area contributed by atoms with Crippen LogP contribution in [0.2, 0.25) is 0 Å². The van der Waals surface area contributed by atoms with E-state index in [0.29, 0.717) is 6.61 Å². The molecule has 0 radical (unpaired) electrons. The van der Waals surface area contributed by atoms with E-state index in [1.54, 1.807) is 11.3 Å². The first kappa shape index (κ1) is 15.1. The number of nitrogens with one attached hydrogen (secondary N) is 1. The topological polar surface area (TPSA) is 21.3 Å². The Hall–Kier alpha value is -1.32. The Kier molecular flexibility index (Phi) is 6.61. The molecular weight excluding hydrogens is 266 g/mol. The zero-order chi connectivity index (χ0) is 14.0. The van der Waals surface area contributed by atoms with Crippen LogP contribution in [0.1, 0.15) is 30.2 Å². The lowest BCUT2D eigenvalue weighted by molar-refractivity contribution is 0.314. The van der Waals surface area contributed by atoms with Gasteiger partial charge in [-0.3, -0.25) is 0 Å². The Labute approximate surface area is 125 Å². The Morgan fingerprint density at radius 2 is 2.00 bits per heavy atom. The van der Waals surface area contributed by atoms with Gasteiger partial charge in [-0.1, -0.05) is 31.5 Å². The van der Waals surface area contributed by atoms with Crippen molar-refractivity contribution in [2.24, 2.45) is 0 Å². The third-order valence-electron chi connectivity index (χ3n) is 3.17. The number of benzene rings is 1. The average molecular weight is 289 g/mol. The van der Waals surface area contributed by atoms with E-state index in [0.717, 1.165) is 18.8 Å². The van der Waals surface area contributed by atoms with E-state index in [-0.39, 0.29) is 0 Å². The van der Waals surface area contributed by atoms with E-state index < -0.39 is 0 Å². The fraction of sp³-hybridized carbons (Fsp3) is 0.412. The maximum absolute atomic E-state index is 5.73. The third kappa shape index (κ3) is 5.35. The van der Waals surface area contributed by atoms with Crippen LogP contribution in [0.3, 0.4) is 0 Å². The minimum absolute atomic E-state index is 0.708. The van der Waals surface area contributed by atoms with Crippen LogP contribution in [0.4, 0.5) is 0 Å². The van der Waals surface area contributed by atoms with Gasteiger partial charge in [0, 0.05) is 18.0 Å². The highest BCUT2D eigenvalue weighted by molar-refractivity contribution is 7.09. The van der Waals surface area contributed by atoms with Gasteiger partial charge in [-0.25, -0.2) is 0 Å².